The molecule has 5 heteroatoms. The van der Waals surface area contributed by atoms with E-state index in [1.807, 2.05) is 12.1 Å². The third kappa shape index (κ3) is 6.59. The van der Waals surface area contributed by atoms with E-state index in [9.17, 15) is 14.7 Å². The fourth-order valence-electron chi connectivity index (χ4n) is 5.71. The summed E-state index contributed by atoms with van der Waals surface area (Å²) < 4.78 is 0. The van der Waals surface area contributed by atoms with Gasteiger partial charge in [-0.3, -0.25) is 9.59 Å². The lowest BCUT2D eigenvalue weighted by Crippen LogP contribution is -2.38. The summed E-state index contributed by atoms with van der Waals surface area (Å²) >= 11 is 0. The maximum absolute atomic E-state index is 13.2. The lowest BCUT2D eigenvalue weighted by atomic mass is 9.80. The maximum atomic E-state index is 13.2. The molecule has 35 heavy (non-hydrogen) atoms. The summed E-state index contributed by atoms with van der Waals surface area (Å²) in [5, 5.41) is 12.5. The first-order valence-electron chi connectivity index (χ1n) is 13.3. The van der Waals surface area contributed by atoms with Crippen molar-refractivity contribution < 1.29 is 14.7 Å². The van der Waals surface area contributed by atoms with Crippen LogP contribution in [0.15, 0.2) is 48.5 Å². The fourth-order valence-corrected chi connectivity index (χ4v) is 5.71. The minimum Gasteiger partial charge on any atom is -0.394 e. The first-order chi connectivity index (χ1) is 16.9. The van der Waals surface area contributed by atoms with Gasteiger partial charge in [0, 0.05) is 17.0 Å². The van der Waals surface area contributed by atoms with E-state index < -0.39 is 0 Å². The molecule has 2 aromatic rings. The highest BCUT2D eigenvalue weighted by molar-refractivity contribution is 6.02. The van der Waals surface area contributed by atoms with Gasteiger partial charge in [0.15, 0.2) is 5.78 Å². The largest absolute Gasteiger partial charge is 0.394 e. The number of fused-ring (bicyclic) bond motifs is 1. The number of likely N-dealkylation sites (tertiary alicyclic amines) is 1. The van der Waals surface area contributed by atoms with Crippen molar-refractivity contribution >= 4 is 11.7 Å². The third-order valence-corrected chi connectivity index (χ3v) is 7.73. The molecule has 1 amide bonds. The molecule has 1 heterocycles. The molecule has 0 saturated carbocycles. The summed E-state index contributed by atoms with van der Waals surface area (Å²) in [6, 6.07) is 16.0. The topological polar surface area (TPSA) is 69.6 Å². The van der Waals surface area contributed by atoms with E-state index in [1.165, 1.54) is 18.4 Å². The first kappa shape index (κ1) is 25.6. The number of Topliss-reactive ketones (excluding diaryl/α,β-unsaturated/α-hetero) is 1. The van der Waals surface area contributed by atoms with Crippen molar-refractivity contribution in [2.75, 3.05) is 26.2 Å². The number of nitrogens with one attached hydrogen (secondary N) is 1. The van der Waals surface area contributed by atoms with Gasteiger partial charge in [0.25, 0.3) is 5.91 Å². The summed E-state index contributed by atoms with van der Waals surface area (Å²) in [6.07, 6.45) is 5.69. The molecule has 0 bridgehead atoms. The molecule has 0 radical (unpaired) electrons. The Morgan fingerprint density at radius 3 is 2.51 bits per heavy atom. The van der Waals surface area contributed by atoms with Gasteiger partial charge in [-0.2, -0.15) is 0 Å². The molecule has 1 aliphatic heterocycles. The Labute approximate surface area is 209 Å². The number of benzene rings is 2. The van der Waals surface area contributed by atoms with E-state index in [0.29, 0.717) is 17.4 Å². The molecule has 0 aromatic heterocycles. The highest BCUT2D eigenvalue weighted by Gasteiger charge is 2.29. The van der Waals surface area contributed by atoms with E-state index >= 15 is 0 Å². The number of aliphatic hydroxyl groups is 1. The number of carbonyl (C=O) groups is 2. The molecular formula is C30H40N2O3. The molecule has 2 atom stereocenters. The number of ketones is 1. The Bertz CT molecular complexity index is 996. The van der Waals surface area contributed by atoms with E-state index in [0.717, 1.165) is 56.4 Å². The van der Waals surface area contributed by atoms with Crippen LogP contribution >= 0.6 is 0 Å². The lowest BCUT2D eigenvalue weighted by molar-refractivity contribution is 0.0872. The number of hydrogen-bond acceptors (Lipinski definition) is 4. The number of aryl methyl sites for hydroxylation is 1. The van der Waals surface area contributed by atoms with Gasteiger partial charge in [-0.25, -0.2) is 0 Å². The van der Waals surface area contributed by atoms with Crippen LogP contribution in [0.2, 0.25) is 0 Å². The van der Waals surface area contributed by atoms with Crippen LogP contribution in [0, 0.1) is 11.8 Å². The van der Waals surface area contributed by atoms with Crippen molar-refractivity contribution in [1.82, 2.24) is 10.2 Å². The zero-order valence-electron chi connectivity index (χ0n) is 21.2. The summed E-state index contributed by atoms with van der Waals surface area (Å²) in [5.41, 5.74) is 3.78. The molecule has 1 saturated heterocycles. The average Bonchev–Trinajstić information content (AvgIpc) is 2.88. The van der Waals surface area contributed by atoms with Crippen LogP contribution in [0.4, 0.5) is 0 Å². The van der Waals surface area contributed by atoms with Crippen LogP contribution in [0.25, 0.3) is 0 Å². The quantitative estimate of drug-likeness (QED) is 0.543. The molecule has 1 unspecified atom stereocenters. The molecule has 4 rings (SSSR count). The number of nitrogens with zero attached hydrogens (tertiary/aromatic N) is 1. The Morgan fingerprint density at radius 1 is 1.09 bits per heavy atom. The van der Waals surface area contributed by atoms with Crippen molar-refractivity contribution in [3.63, 3.8) is 0 Å². The van der Waals surface area contributed by atoms with Crippen LogP contribution in [0.5, 0.6) is 0 Å². The number of aliphatic hydroxyl groups excluding tert-OH is 1. The minimum atomic E-state index is -0.248. The minimum absolute atomic E-state index is 0.0684. The summed E-state index contributed by atoms with van der Waals surface area (Å²) in [4.78, 5) is 28.4. The van der Waals surface area contributed by atoms with Gasteiger partial charge in [-0.1, -0.05) is 50.2 Å². The van der Waals surface area contributed by atoms with E-state index in [1.54, 1.807) is 6.07 Å². The van der Waals surface area contributed by atoms with Crippen LogP contribution in [0.1, 0.15) is 83.7 Å². The SMILES string of the molecule is CC(C)C[C@@H](CO)NC(=O)c1ccc2c(c1)CCC(CCN1CCC(c3ccccc3)CC1)C2=O. The van der Waals surface area contributed by atoms with E-state index in [2.05, 4.69) is 54.4 Å². The lowest BCUT2D eigenvalue weighted by Gasteiger charge is -2.33. The number of rotatable bonds is 9. The fraction of sp³-hybridized carbons (Fsp3) is 0.533. The summed E-state index contributed by atoms with van der Waals surface area (Å²) in [7, 11) is 0. The van der Waals surface area contributed by atoms with Gasteiger partial charge in [0.05, 0.1) is 12.6 Å². The summed E-state index contributed by atoms with van der Waals surface area (Å²) in [5.74, 6) is 1.16. The van der Waals surface area contributed by atoms with Gasteiger partial charge in [0.2, 0.25) is 0 Å². The molecule has 1 fully saturated rings. The second kappa shape index (κ2) is 12.0. The zero-order chi connectivity index (χ0) is 24.8. The van der Waals surface area contributed by atoms with Crippen molar-refractivity contribution in [3.8, 4) is 0 Å². The van der Waals surface area contributed by atoms with Crippen molar-refractivity contribution in [3.05, 3.63) is 70.8 Å². The van der Waals surface area contributed by atoms with Crippen LogP contribution in [-0.4, -0.2) is 54.0 Å². The Hall–Kier alpha value is -2.50. The highest BCUT2D eigenvalue weighted by Crippen LogP contribution is 2.31. The van der Waals surface area contributed by atoms with Gasteiger partial charge < -0.3 is 15.3 Å². The van der Waals surface area contributed by atoms with Crippen molar-refractivity contribution in [2.24, 2.45) is 11.8 Å². The molecule has 1 aliphatic carbocycles. The average molecular weight is 477 g/mol. The zero-order valence-corrected chi connectivity index (χ0v) is 21.2. The molecular weight excluding hydrogens is 436 g/mol. The van der Waals surface area contributed by atoms with Gasteiger partial charge in [-0.05, 0) is 93.3 Å². The van der Waals surface area contributed by atoms with Crippen LogP contribution in [0.3, 0.4) is 0 Å². The molecule has 188 valence electrons. The highest BCUT2D eigenvalue weighted by atomic mass is 16.3. The number of carbonyl (C=O) groups excluding carboxylic acids is 2. The van der Waals surface area contributed by atoms with Gasteiger partial charge >= 0.3 is 0 Å². The molecule has 2 N–H and O–H groups in total. The van der Waals surface area contributed by atoms with E-state index in [-0.39, 0.29) is 30.3 Å². The first-order valence-corrected chi connectivity index (χ1v) is 13.3. The van der Waals surface area contributed by atoms with Crippen LogP contribution in [-0.2, 0) is 6.42 Å². The molecule has 2 aromatic carbocycles. The monoisotopic (exact) mass is 476 g/mol. The Kier molecular flexibility index (Phi) is 8.74. The second-order valence-electron chi connectivity index (χ2n) is 10.8. The predicted molar refractivity (Wildman–Crippen MR) is 140 cm³/mol. The predicted octanol–water partition coefficient (Wildman–Crippen LogP) is 4.84. The number of amides is 1. The maximum Gasteiger partial charge on any atom is 0.251 e. The van der Waals surface area contributed by atoms with Crippen molar-refractivity contribution in [2.45, 2.75) is 64.3 Å². The standard InChI is InChI=1S/C30H40N2O3/c1-21(2)18-27(20-33)31-30(35)26-10-11-28-25(19-26)9-8-24(29(28)34)14-17-32-15-12-23(13-16-32)22-6-4-3-5-7-22/h3-7,10-11,19,21,23-24,27,33H,8-9,12-18,20H2,1-2H3,(H,31,35)/t24?,27-/m0/s1. The molecule has 0 spiro atoms. The normalized spacial score (nSPS) is 20.0. The van der Waals surface area contributed by atoms with Crippen LogP contribution < -0.4 is 5.32 Å². The van der Waals surface area contributed by atoms with Crippen molar-refractivity contribution in [1.29, 1.82) is 0 Å². The van der Waals surface area contributed by atoms with Gasteiger partial charge in [-0.15, -0.1) is 0 Å². The second-order valence-corrected chi connectivity index (χ2v) is 10.8. The number of hydrogen-bond donors (Lipinski definition) is 2. The summed E-state index contributed by atoms with van der Waals surface area (Å²) in [6.45, 7) is 7.25. The number of piperidine rings is 1. The smallest absolute Gasteiger partial charge is 0.251 e. The van der Waals surface area contributed by atoms with E-state index in [4.69, 9.17) is 0 Å². The third-order valence-electron chi connectivity index (χ3n) is 7.73. The Balaban J connectivity index is 1.29. The van der Waals surface area contributed by atoms with Gasteiger partial charge in [0.1, 0.15) is 0 Å². The molecule has 5 nitrogen and oxygen atoms in total. The Morgan fingerprint density at radius 2 is 1.83 bits per heavy atom. The molecule has 2 aliphatic rings.